The van der Waals surface area contributed by atoms with Crippen LogP contribution in [-0.2, 0) is 0 Å². The Morgan fingerprint density at radius 2 is 2.00 bits per heavy atom. The van der Waals surface area contributed by atoms with Gasteiger partial charge in [0, 0.05) is 23.3 Å². The number of hydrogen-bond donors (Lipinski definition) is 1. The highest BCUT2D eigenvalue weighted by atomic mass is 33.1. The summed E-state index contributed by atoms with van der Waals surface area (Å²) in [6, 6.07) is 0.627. The summed E-state index contributed by atoms with van der Waals surface area (Å²) in [6.07, 6.45) is 1.19. The third-order valence-corrected chi connectivity index (χ3v) is 5.76. The van der Waals surface area contributed by atoms with E-state index >= 15 is 0 Å². The van der Waals surface area contributed by atoms with Crippen LogP contribution in [0, 0.1) is 0 Å². The van der Waals surface area contributed by atoms with Crippen LogP contribution in [0.3, 0.4) is 0 Å². The maximum absolute atomic E-state index is 3.52. The van der Waals surface area contributed by atoms with E-state index in [2.05, 4.69) is 61.9 Å². The summed E-state index contributed by atoms with van der Waals surface area (Å²) in [5, 5.41) is 4.80. The van der Waals surface area contributed by atoms with Gasteiger partial charge in [-0.1, -0.05) is 0 Å². The molecule has 4 nitrogen and oxygen atoms in total. The van der Waals surface area contributed by atoms with Crippen molar-refractivity contribution in [2.75, 3.05) is 41.8 Å². The zero-order valence-electron chi connectivity index (χ0n) is 11.7. The molecule has 0 aromatic heterocycles. The molecule has 1 heterocycles. The van der Waals surface area contributed by atoms with E-state index < -0.39 is 0 Å². The highest BCUT2D eigenvalue weighted by Crippen LogP contribution is 2.33. The average molecular weight is 277 g/mol. The van der Waals surface area contributed by atoms with E-state index in [-0.39, 0.29) is 0 Å². The Kier molecular flexibility index (Phi) is 6.12. The maximum Gasteiger partial charge on any atom is 0.319 e. The van der Waals surface area contributed by atoms with Crippen LogP contribution in [-0.4, -0.2) is 72.9 Å². The number of hydrogen-bond acceptors (Lipinski definition) is 4. The molecular formula is C11H25N4S2+. The monoisotopic (exact) mass is 277 g/mol. The SMILES string of the molecule is CC(CC[N+](C)=C1NC(N(C)C)SS1)N(C)C. The van der Waals surface area contributed by atoms with Gasteiger partial charge in [-0.3, -0.25) is 9.48 Å². The van der Waals surface area contributed by atoms with Crippen LogP contribution in [0.1, 0.15) is 13.3 Å². The minimum Gasteiger partial charge on any atom is -0.307 e. The second kappa shape index (κ2) is 6.87. The molecule has 0 spiro atoms. The maximum atomic E-state index is 3.52. The first-order chi connectivity index (χ1) is 7.91. The molecule has 1 aliphatic heterocycles. The van der Waals surface area contributed by atoms with Crippen molar-refractivity contribution >= 4 is 26.8 Å². The second-order valence-corrected chi connectivity index (χ2v) is 7.24. The molecule has 0 aromatic rings. The normalized spacial score (nSPS) is 25.3. The third kappa shape index (κ3) is 4.69. The van der Waals surface area contributed by atoms with Gasteiger partial charge in [-0.25, -0.2) is 5.32 Å². The minimum absolute atomic E-state index is 0.392. The number of amidine groups is 1. The van der Waals surface area contributed by atoms with Crippen molar-refractivity contribution in [2.24, 2.45) is 0 Å². The first-order valence-electron chi connectivity index (χ1n) is 5.92. The number of rotatable bonds is 5. The average Bonchev–Trinajstić information content (AvgIpc) is 2.74. The summed E-state index contributed by atoms with van der Waals surface area (Å²) in [4.78, 5) is 4.46. The van der Waals surface area contributed by atoms with Crippen molar-refractivity contribution in [1.82, 2.24) is 15.1 Å². The van der Waals surface area contributed by atoms with Crippen LogP contribution in [0.25, 0.3) is 0 Å². The van der Waals surface area contributed by atoms with Gasteiger partial charge in [0.05, 0.1) is 13.6 Å². The first kappa shape index (κ1) is 15.1. The van der Waals surface area contributed by atoms with E-state index in [1.54, 1.807) is 0 Å². The highest BCUT2D eigenvalue weighted by molar-refractivity contribution is 8.83. The molecular weight excluding hydrogens is 252 g/mol. The first-order valence-corrected chi connectivity index (χ1v) is 8.14. The molecule has 1 N–H and O–H groups in total. The molecule has 1 rings (SSSR count). The van der Waals surface area contributed by atoms with E-state index in [4.69, 9.17) is 0 Å². The topological polar surface area (TPSA) is 21.5 Å². The van der Waals surface area contributed by atoms with Gasteiger partial charge in [0.1, 0.15) is 0 Å². The largest absolute Gasteiger partial charge is 0.319 e. The van der Waals surface area contributed by atoms with Crippen molar-refractivity contribution in [2.45, 2.75) is 24.9 Å². The van der Waals surface area contributed by atoms with E-state index in [0.29, 0.717) is 11.5 Å². The molecule has 0 saturated carbocycles. The Labute approximate surface area is 113 Å². The fourth-order valence-corrected chi connectivity index (χ4v) is 4.07. The number of nitrogens with one attached hydrogen (secondary N) is 1. The lowest BCUT2D eigenvalue weighted by atomic mass is 10.2. The Morgan fingerprint density at radius 3 is 2.47 bits per heavy atom. The quantitative estimate of drug-likeness (QED) is 0.599. The summed E-state index contributed by atoms with van der Waals surface area (Å²) in [7, 11) is 14.3. The molecule has 1 fully saturated rings. The third-order valence-electron chi connectivity index (χ3n) is 3.04. The van der Waals surface area contributed by atoms with Crippen molar-refractivity contribution in [3.05, 3.63) is 0 Å². The van der Waals surface area contributed by atoms with Crippen molar-refractivity contribution in [1.29, 1.82) is 0 Å². The molecule has 0 aliphatic carbocycles. The molecule has 17 heavy (non-hydrogen) atoms. The van der Waals surface area contributed by atoms with Gasteiger partial charge in [-0.15, -0.1) is 0 Å². The Bertz CT molecular complexity index is 279. The van der Waals surface area contributed by atoms with E-state index in [9.17, 15) is 0 Å². The van der Waals surface area contributed by atoms with Gasteiger partial charge in [-0.2, -0.15) is 0 Å². The molecule has 0 aromatic carbocycles. The van der Waals surface area contributed by atoms with Crippen LogP contribution in [0.2, 0.25) is 0 Å². The van der Waals surface area contributed by atoms with Crippen molar-refractivity contribution in [3.8, 4) is 0 Å². The summed E-state index contributed by atoms with van der Waals surface area (Å²) in [5.41, 5.74) is 0.392. The fraction of sp³-hybridized carbons (Fsp3) is 0.909. The molecule has 6 heteroatoms. The molecule has 0 radical (unpaired) electrons. The summed E-state index contributed by atoms with van der Waals surface area (Å²) in [5.74, 6) is 0. The van der Waals surface area contributed by atoms with Crippen LogP contribution in [0.4, 0.5) is 0 Å². The van der Waals surface area contributed by atoms with Gasteiger partial charge >= 0.3 is 5.17 Å². The van der Waals surface area contributed by atoms with Crippen molar-refractivity contribution in [3.63, 3.8) is 0 Å². The predicted octanol–water partition coefficient (Wildman–Crippen LogP) is 1.15. The summed E-state index contributed by atoms with van der Waals surface area (Å²) < 4.78 is 2.32. The standard InChI is InChI=1S/C11H24N4S2/c1-9(13(2)3)7-8-15(6)11-12-10(14(4)5)16-17-11/h9-10H,7-8H2,1-6H3/p+1. The molecule has 0 amide bonds. The zero-order valence-corrected chi connectivity index (χ0v) is 13.4. The van der Waals surface area contributed by atoms with Gasteiger partial charge in [0.2, 0.25) is 5.50 Å². The van der Waals surface area contributed by atoms with Crippen molar-refractivity contribution < 1.29 is 4.58 Å². The number of nitrogens with zero attached hydrogens (tertiary/aromatic N) is 3. The van der Waals surface area contributed by atoms with E-state index in [1.165, 1.54) is 11.6 Å². The molecule has 100 valence electrons. The minimum atomic E-state index is 0.392. The van der Waals surface area contributed by atoms with E-state index in [1.807, 2.05) is 21.6 Å². The fourth-order valence-electron chi connectivity index (χ4n) is 1.37. The Hall–Kier alpha value is 0.0900. The Morgan fingerprint density at radius 1 is 1.35 bits per heavy atom. The second-order valence-electron chi connectivity index (χ2n) is 4.97. The van der Waals surface area contributed by atoms with Gasteiger partial charge < -0.3 is 4.90 Å². The van der Waals surface area contributed by atoms with Crippen LogP contribution >= 0.6 is 21.6 Å². The van der Waals surface area contributed by atoms with Gasteiger partial charge in [0.15, 0.2) is 0 Å². The smallest absolute Gasteiger partial charge is 0.307 e. The molecule has 1 saturated heterocycles. The highest BCUT2D eigenvalue weighted by Gasteiger charge is 2.30. The molecule has 2 atom stereocenters. The lowest BCUT2D eigenvalue weighted by Crippen LogP contribution is -2.39. The van der Waals surface area contributed by atoms with Crippen LogP contribution in [0.5, 0.6) is 0 Å². The molecule has 1 aliphatic rings. The molecule has 2 unspecified atom stereocenters. The van der Waals surface area contributed by atoms with Crippen LogP contribution < -0.4 is 5.32 Å². The lowest BCUT2D eigenvalue weighted by Gasteiger charge is -2.19. The van der Waals surface area contributed by atoms with Gasteiger partial charge in [0.25, 0.3) is 0 Å². The Balaban J connectivity index is 2.44. The lowest BCUT2D eigenvalue weighted by molar-refractivity contribution is -0.497. The van der Waals surface area contributed by atoms with E-state index in [0.717, 1.165) is 6.54 Å². The zero-order chi connectivity index (χ0) is 13.0. The summed E-state index contributed by atoms with van der Waals surface area (Å²) in [6.45, 7) is 3.36. The van der Waals surface area contributed by atoms with Gasteiger partial charge in [-0.05, 0) is 45.9 Å². The molecule has 0 bridgehead atoms. The summed E-state index contributed by atoms with van der Waals surface area (Å²) >= 11 is 0. The predicted molar refractivity (Wildman–Crippen MR) is 79.6 cm³/mol. The van der Waals surface area contributed by atoms with Crippen LogP contribution in [0.15, 0.2) is 0 Å².